The third kappa shape index (κ3) is 5.87. The van der Waals surface area contributed by atoms with Crippen LogP contribution in [0.5, 0.6) is 0 Å². The Labute approximate surface area is 99.1 Å². The molecular formula is C11H11ClTi-6. The normalized spacial score (nSPS) is 8.08. The molecule has 0 atom stereocenters. The Balaban J connectivity index is 0.000000215. The average molecular weight is 227 g/mol. The maximum Gasteiger partial charge on any atom is 0.00233 e. The number of hydrogen-bond donors (Lipinski definition) is 0. The van der Waals surface area contributed by atoms with Crippen LogP contribution in [0.4, 0.5) is 0 Å². The molecule has 13 heavy (non-hydrogen) atoms. The van der Waals surface area contributed by atoms with Crippen molar-refractivity contribution in [2.45, 2.75) is 5.88 Å². The molecule has 0 fully saturated rings. The molecule has 0 saturated heterocycles. The molecule has 0 aromatic heterocycles. The second-order valence-corrected chi connectivity index (χ2v) is 2.66. The molecule has 2 aromatic carbocycles. The van der Waals surface area contributed by atoms with Gasteiger partial charge in [-0.15, -0.1) is 17.2 Å². The molecule has 0 bridgehead atoms. The molecule has 0 radical (unpaired) electrons. The molecule has 0 nitrogen and oxygen atoms in total. The van der Waals surface area contributed by atoms with Crippen molar-refractivity contribution in [3.05, 3.63) is 60.2 Å². The zero-order valence-electron chi connectivity index (χ0n) is 7.28. The maximum absolute atomic E-state index is 5.47. The molecule has 2 heteroatoms. The van der Waals surface area contributed by atoms with Crippen molar-refractivity contribution >= 4 is 11.6 Å². The number of halogens is 1. The first-order chi connectivity index (χ1) is 5.93. The monoisotopic (exact) mass is 226 g/mol. The third-order valence-electron chi connectivity index (χ3n) is 1.44. The summed E-state index contributed by atoms with van der Waals surface area (Å²) in [6, 6.07) is 18.0. The molecule has 72 valence electrons. The van der Waals surface area contributed by atoms with Gasteiger partial charge in [0.25, 0.3) is 0 Å². The molecule has 0 aliphatic rings. The molecule has 0 amide bonds. The van der Waals surface area contributed by atoms with E-state index in [1.54, 1.807) is 0 Å². The summed E-state index contributed by atoms with van der Waals surface area (Å²) < 4.78 is 0. The van der Waals surface area contributed by atoms with Gasteiger partial charge in [0.15, 0.2) is 0 Å². The van der Waals surface area contributed by atoms with E-state index in [4.69, 9.17) is 11.6 Å². The molecule has 0 unspecified atom stereocenters. The van der Waals surface area contributed by atoms with E-state index in [0.717, 1.165) is 0 Å². The molecule has 2 rings (SSSR count). The van der Waals surface area contributed by atoms with E-state index in [-0.39, 0.29) is 21.7 Å². The van der Waals surface area contributed by atoms with Crippen molar-refractivity contribution in [1.29, 1.82) is 0 Å². The van der Waals surface area contributed by atoms with E-state index in [1.165, 1.54) is 5.56 Å². The van der Waals surface area contributed by atoms with Gasteiger partial charge in [-0.25, -0.2) is 12.1 Å². The van der Waals surface area contributed by atoms with Crippen LogP contribution in [0.1, 0.15) is 5.56 Å². The van der Waals surface area contributed by atoms with Crippen LogP contribution in [-0.2, 0) is 27.6 Å². The summed E-state index contributed by atoms with van der Waals surface area (Å²) in [4.78, 5) is 0. The van der Waals surface area contributed by atoms with Gasteiger partial charge < -0.3 is 30.3 Å². The van der Waals surface area contributed by atoms with Crippen LogP contribution in [-0.4, -0.2) is 0 Å². The predicted molar refractivity (Wildman–Crippen MR) is 53.6 cm³/mol. The molecule has 0 heterocycles. The minimum absolute atomic E-state index is 0. The van der Waals surface area contributed by atoms with E-state index in [9.17, 15) is 0 Å². The quantitative estimate of drug-likeness (QED) is 0.396. The van der Waals surface area contributed by atoms with Crippen molar-refractivity contribution in [3.8, 4) is 0 Å². The van der Waals surface area contributed by atoms with Crippen LogP contribution in [0.2, 0.25) is 0 Å². The summed E-state index contributed by atoms with van der Waals surface area (Å²) in [6.45, 7) is 0. The minimum atomic E-state index is 0. The van der Waals surface area contributed by atoms with Crippen molar-refractivity contribution in [1.82, 2.24) is 0 Å². The third-order valence-corrected chi connectivity index (χ3v) is 1.75. The summed E-state index contributed by atoms with van der Waals surface area (Å²) in [7, 11) is 0. The van der Waals surface area contributed by atoms with E-state index >= 15 is 0 Å². The minimum Gasteiger partial charge on any atom is -0.748 e. The number of hydrogen-bond acceptors (Lipinski definition) is 0. The Bertz CT molecular complexity index is 241. The molecular weight excluding hydrogens is 215 g/mol. The standard InChI is InChI=1S/C6H6Cl.C5H5.Ti/c7-5-6-3-1-2-4-6;1-2-4-5-3-1;/h1-4H,5H2;1-5H;/q-1;-5;. The Hall–Kier alpha value is -0.296. The Morgan fingerprint density at radius 1 is 0.923 bits per heavy atom. The van der Waals surface area contributed by atoms with E-state index in [2.05, 4.69) is 0 Å². The summed E-state index contributed by atoms with van der Waals surface area (Å²) in [6.07, 6.45) is 0. The van der Waals surface area contributed by atoms with Crippen molar-refractivity contribution in [2.24, 2.45) is 0 Å². The van der Waals surface area contributed by atoms with Crippen LogP contribution in [0.15, 0.2) is 54.6 Å². The first-order valence-electron chi connectivity index (χ1n) is 3.86. The summed E-state index contributed by atoms with van der Waals surface area (Å²) >= 11 is 5.47. The van der Waals surface area contributed by atoms with Gasteiger partial charge >= 0.3 is 0 Å². The SMILES string of the molecule is ClC[c-]1cccc1.[Ti].[cH-]1[cH-][cH-][cH-][cH-]1. The Morgan fingerprint density at radius 2 is 1.31 bits per heavy atom. The number of rotatable bonds is 1. The Morgan fingerprint density at radius 3 is 1.54 bits per heavy atom. The first kappa shape index (κ1) is 12.7. The fraction of sp³-hybridized carbons (Fsp3) is 0.0909. The summed E-state index contributed by atoms with van der Waals surface area (Å²) in [5.74, 6) is 0.632. The van der Waals surface area contributed by atoms with Gasteiger partial charge in [-0.2, -0.15) is 12.1 Å². The average Bonchev–Trinajstić information content (AvgIpc) is 2.81. The van der Waals surface area contributed by atoms with Crippen LogP contribution >= 0.6 is 11.6 Å². The van der Waals surface area contributed by atoms with Gasteiger partial charge in [-0.3, -0.25) is 0 Å². The van der Waals surface area contributed by atoms with E-state index in [1.807, 2.05) is 54.6 Å². The van der Waals surface area contributed by atoms with Gasteiger partial charge in [-0.05, 0) is 0 Å². The largest absolute Gasteiger partial charge is 0.748 e. The van der Waals surface area contributed by atoms with Crippen molar-refractivity contribution in [2.75, 3.05) is 0 Å². The summed E-state index contributed by atoms with van der Waals surface area (Å²) in [5.41, 5.74) is 1.20. The van der Waals surface area contributed by atoms with Crippen LogP contribution in [0.3, 0.4) is 0 Å². The van der Waals surface area contributed by atoms with E-state index in [0.29, 0.717) is 5.88 Å². The second-order valence-electron chi connectivity index (χ2n) is 2.39. The van der Waals surface area contributed by atoms with Gasteiger partial charge in [0, 0.05) is 27.6 Å². The molecule has 2 aromatic rings. The molecule has 0 N–H and O–H groups in total. The first-order valence-corrected chi connectivity index (χ1v) is 4.40. The van der Waals surface area contributed by atoms with E-state index < -0.39 is 0 Å². The predicted octanol–water partition coefficient (Wildman–Crippen LogP) is 3.55. The zero-order valence-corrected chi connectivity index (χ0v) is 9.60. The molecule has 0 spiro atoms. The second kappa shape index (κ2) is 8.31. The van der Waals surface area contributed by atoms with Crippen LogP contribution < -0.4 is 0 Å². The molecule has 0 aliphatic carbocycles. The van der Waals surface area contributed by atoms with Gasteiger partial charge in [0.2, 0.25) is 0 Å². The topological polar surface area (TPSA) is 0 Å². The van der Waals surface area contributed by atoms with Crippen LogP contribution in [0.25, 0.3) is 0 Å². The maximum atomic E-state index is 5.47. The van der Waals surface area contributed by atoms with Gasteiger partial charge in [-0.1, -0.05) is 0 Å². The van der Waals surface area contributed by atoms with Crippen molar-refractivity contribution < 1.29 is 21.7 Å². The molecule has 0 aliphatic heterocycles. The van der Waals surface area contributed by atoms with Crippen molar-refractivity contribution in [3.63, 3.8) is 0 Å². The Kier molecular flexibility index (Phi) is 8.12. The zero-order chi connectivity index (χ0) is 8.65. The fourth-order valence-electron chi connectivity index (χ4n) is 0.824. The van der Waals surface area contributed by atoms with Crippen LogP contribution in [0, 0.1) is 0 Å². The van der Waals surface area contributed by atoms with Gasteiger partial charge in [0.05, 0.1) is 0 Å². The summed E-state index contributed by atoms with van der Waals surface area (Å²) in [5, 5.41) is 0. The molecule has 0 saturated carbocycles. The smallest absolute Gasteiger partial charge is 0.00233 e. The van der Waals surface area contributed by atoms with Gasteiger partial charge in [0.1, 0.15) is 0 Å². The number of alkyl halides is 1. The fourth-order valence-corrected chi connectivity index (χ4v) is 1.00.